The normalized spacial score (nSPS) is 11.2. The average Bonchev–Trinajstić information content (AvgIpc) is 3.10. The minimum Gasteiger partial charge on any atom is -0.465 e. The Bertz CT molecular complexity index is 843. The van der Waals surface area contributed by atoms with Crippen molar-refractivity contribution in [3.8, 4) is 0 Å². The van der Waals surface area contributed by atoms with Gasteiger partial charge in [0.25, 0.3) is 0 Å². The van der Waals surface area contributed by atoms with Crippen molar-refractivity contribution in [3.05, 3.63) is 58.5 Å². The van der Waals surface area contributed by atoms with E-state index >= 15 is 0 Å². The van der Waals surface area contributed by atoms with E-state index in [-0.39, 0.29) is 6.73 Å². The van der Waals surface area contributed by atoms with Crippen LogP contribution in [0.1, 0.15) is 5.76 Å². The first-order chi connectivity index (χ1) is 10.2. The van der Waals surface area contributed by atoms with Crippen molar-refractivity contribution in [3.63, 3.8) is 0 Å². The Labute approximate surface area is 129 Å². The number of thiazole rings is 1. The van der Waals surface area contributed by atoms with Gasteiger partial charge in [-0.1, -0.05) is 12.1 Å². The number of nitrogens with zero attached hydrogens (tertiary/aromatic N) is 1. The fourth-order valence-corrected chi connectivity index (χ4v) is 3.15. The summed E-state index contributed by atoms with van der Waals surface area (Å²) in [5.41, 5.74) is 0.968. The van der Waals surface area contributed by atoms with Crippen molar-refractivity contribution >= 4 is 45.8 Å². The fraction of sp³-hybridized carbons (Fsp3) is 0.0667. The van der Waals surface area contributed by atoms with Crippen molar-refractivity contribution in [2.75, 3.05) is 0 Å². The van der Waals surface area contributed by atoms with Crippen LogP contribution < -0.4 is 0 Å². The monoisotopic (exact) mass is 317 g/mol. The Hall–Kier alpha value is -2.18. The van der Waals surface area contributed by atoms with Gasteiger partial charge in [-0.2, -0.15) is 0 Å². The smallest absolute Gasteiger partial charge is 0.332 e. The minimum atomic E-state index is -0.441. The number of aromatic nitrogens is 1. The SMILES string of the molecule is O=C(C=Cc1ccco1)OCn1c(=S)sc2ccccc21. The predicted molar refractivity (Wildman–Crippen MR) is 84.5 cm³/mol. The van der Waals surface area contributed by atoms with Crippen molar-refractivity contribution in [1.29, 1.82) is 0 Å². The number of carbonyl (C=O) groups excluding carboxylic acids is 1. The van der Waals surface area contributed by atoms with E-state index in [0.717, 1.165) is 10.2 Å². The number of rotatable bonds is 4. The molecule has 0 N–H and O–H groups in total. The second-order valence-electron chi connectivity index (χ2n) is 4.20. The highest BCUT2D eigenvalue weighted by Gasteiger charge is 2.06. The van der Waals surface area contributed by atoms with Crippen molar-refractivity contribution < 1.29 is 13.9 Å². The highest BCUT2D eigenvalue weighted by Crippen LogP contribution is 2.22. The number of esters is 1. The lowest BCUT2D eigenvalue weighted by molar-refractivity contribution is -0.141. The molecule has 0 saturated carbocycles. The van der Waals surface area contributed by atoms with Gasteiger partial charge in [-0.15, -0.1) is 11.3 Å². The molecule has 3 rings (SSSR count). The van der Waals surface area contributed by atoms with Crippen LogP contribution in [0.25, 0.3) is 16.3 Å². The molecule has 0 bridgehead atoms. The first kappa shape index (κ1) is 13.8. The third-order valence-electron chi connectivity index (χ3n) is 2.84. The molecule has 0 spiro atoms. The summed E-state index contributed by atoms with van der Waals surface area (Å²) in [6.07, 6.45) is 4.44. The molecule has 0 atom stereocenters. The summed E-state index contributed by atoms with van der Waals surface area (Å²) >= 11 is 6.79. The summed E-state index contributed by atoms with van der Waals surface area (Å²) in [4.78, 5) is 11.7. The standard InChI is InChI=1S/C15H11NO3S2/c17-14(8-7-11-4-3-9-18-11)19-10-16-12-5-1-2-6-13(12)21-15(16)20/h1-9H,10H2. The largest absolute Gasteiger partial charge is 0.465 e. The van der Waals surface area contributed by atoms with Crippen LogP contribution in [0.15, 0.2) is 53.2 Å². The van der Waals surface area contributed by atoms with Crippen LogP contribution >= 0.6 is 23.6 Å². The van der Waals surface area contributed by atoms with E-state index < -0.39 is 5.97 Å². The molecule has 0 aliphatic carbocycles. The zero-order valence-corrected chi connectivity index (χ0v) is 12.5. The molecule has 2 heterocycles. The van der Waals surface area contributed by atoms with Crippen LogP contribution in [0, 0.1) is 3.95 Å². The van der Waals surface area contributed by atoms with Gasteiger partial charge in [0, 0.05) is 6.08 Å². The van der Waals surface area contributed by atoms with Gasteiger partial charge in [0.15, 0.2) is 10.7 Å². The second-order valence-corrected chi connectivity index (χ2v) is 5.88. The van der Waals surface area contributed by atoms with E-state index in [9.17, 15) is 4.79 Å². The lowest BCUT2D eigenvalue weighted by Gasteiger charge is -2.04. The molecule has 106 valence electrons. The summed E-state index contributed by atoms with van der Waals surface area (Å²) < 4.78 is 13.9. The summed E-state index contributed by atoms with van der Waals surface area (Å²) in [5.74, 6) is 0.160. The Morgan fingerprint density at radius 1 is 1.33 bits per heavy atom. The molecule has 0 unspecified atom stereocenters. The molecular formula is C15H11NO3S2. The van der Waals surface area contributed by atoms with Gasteiger partial charge in [0.1, 0.15) is 5.76 Å². The number of hydrogen-bond acceptors (Lipinski definition) is 5. The summed E-state index contributed by atoms with van der Waals surface area (Å²) in [5, 5.41) is 0. The molecule has 6 heteroatoms. The predicted octanol–water partition coefficient (Wildman–Crippen LogP) is 4.24. The van der Waals surface area contributed by atoms with E-state index in [1.165, 1.54) is 17.4 Å². The number of para-hydroxylation sites is 1. The molecule has 3 aromatic rings. The first-order valence-corrected chi connectivity index (χ1v) is 7.43. The quantitative estimate of drug-likeness (QED) is 0.410. The minimum absolute atomic E-state index is 0.101. The van der Waals surface area contributed by atoms with Crippen LogP contribution in [-0.2, 0) is 16.3 Å². The zero-order chi connectivity index (χ0) is 14.7. The van der Waals surface area contributed by atoms with Crippen LogP contribution in [0.5, 0.6) is 0 Å². The summed E-state index contributed by atoms with van der Waals surface area (Å²) in [6.45, 7) is 0.101. The average molecular weight is 317 g/mol. The van der Waals surface area contributed by atoms with Gasteiger partial charge in [-0.3, -0.25) is 4.57 Å². The van der Waals surface area contributed by atoms with Gasteiger partial charge < -0.3 is 9.15 Å². The zero-order valence-electron chi connectivity index (χ0n) is 10.9. The second kappa shape index (κ2) is 6.07. The van der Waals surface area contributed by atoms with Gasteiger partial charge in [-0.25, -0.2) is 4.79 Å². The number of carbonyl (C=O) groups is 1. The van der Waals surface area contributed by atoms with Crippen LogP contribution in [0.4, 0.5) is 0 Å². The highest BCUT2D eigenvalue weighted by molar-refractivity contribution is 7.73. The van der Waals surface area contributed by atoms with E-state index in [1.54, 1.807) is 29.0 Å². The lowest BCUT2D eigenvalue weighted by atomic mass is 10.3. The Morgan fingerprint density at radius 2 is 2.19 bits per heavy atom. The molecule has 0 aliphatic rings. The van der Waals surface area contributed by atoms with Crippen molar-refractivity contribution in [2.24, 2.45) is 0 Å². The number of hydrogen-bond donors (Lipinski definition) is 0. The Morgan fingerprint density at radius 3 is 3.00 bits per heavy atom. The number of fused-ring (bicyclic) bond motifs is 1. The van der Waals surface area contributed by atoms with E-state index in [2.05, 4.69) is 0 Å². The molecule has 21 heavy (non-hydrogen) atoms. The van der Waals surface area contributed by atoms with E-state index in [0.29, 0.717) is 9.71 Å². The molecule has 0 aliphatic heterocycles. The number of ether oxygens (including phenoxy) is 1. The first-order valence-electron chi connectivity index (χ1n) is 6.21. The van der Waals surface area contributed by atoms with Gasteiger partial charge in [-0.05, 0) is 42.6 Å². The van der Waals surface area contributed by atoms with Crippen LogP contribution in [0.3, 0.4) is 0 Å². The molecule has 0 saturated heterocycles. The molecular weight excluding hydrogens is 306 g/mol. The van der Waals surface area contributed by atoms with Crippen molar-refractivity contribution in [2.45, 2.75) is 6.73 Å². The maximum atomic E-state index is 11.7. The van der Waals surface area contributed by atoms with Gasteiger partial charge in [0.2, 0.25) is 0 Å². The number of benzene rings is 1. The maximum absolute atomic E-state index is 11.7. The van der Waals surface area contributed by atoms with Crippen molar-refractivity contribution in [1.82, 2.24) is 4.57 Å². The molecule has 2 aromatic heterocycles. The molecule has 1 aromatic carbocycles. The maximum Gasteiger partial charge on any atom is 0.332 e. The van der Waals surface area contributed by atoms with Crippen LogP contribution in [-0.4, -0.2) is 10.5 Å². The van der Waals surface area contributed by atoms with Gasteiger partial charge in [0.05, 0.1) is 16.5 Å². The fourth-order valence-electron chi connectivity index (χ4n) is 1.85. The third-order valence-corrected chi connectivity index (χ3v) is 4.27. The van der Waals surface area contributed by atoms with Crippen LogP contribution in [0.2, 0.25) is 0 Å². The number of furan rings is 1. The summed E-state index contributed by atoms with van der Waals surface area (Å²) in [7, 11) is 0. The Balaban J connectivity index is 1.70. The topological polar surface area (TPSA) is 44.4 Å². The van der Waals surface area contributed by atoms with E-state index in [4.69, 9.17) is 21.4 Å². The molecule has 4 nitrogen and oxygen atoms in total. The van der Waals surface area contributed by atoms with E-state index in [1.807, 2.05) is 24.3 Å². The molecule has 0 fully saturated rings. The van der Waals surface area contributed by atoms with Gasteiger partial charge >= 0.3 is 5.97 Å². The lowest BCUT2D eigenvalue weighted by Crippen LogP contribution is -2.06. The Kier molecular flexibility index (Phi) is 3.98. The molecule has 0 amide bonds. The molecule has 0 radical (unpaired) electrons. The summed E-state index contributed by atoms with van der Waals surface area (Å²) in [6, 6.07) is 11.3. The highest BCUT2D eigenvalue weighted by atomic mass is 32.1. The third kappa shape index (κ3) is 3.12.